The molecule has 1 aromatic carbocycles. The number of Topliss-reactive ketones (excluding diaryl/α,β-unsaturated/α-hetero) is 1. The van der Waals surface area contributed by atoms with Gasteiger partial charge in [0.1, 0.15) is 5.70 Å². The lowest BCUT2D eigenvalue weighted by Crippen LogP contribution is -2.38. The third kappa shape index (κ3) is 3.37. The second-order valence-corrected chi connectivity index (χ2v) is 8.53. The van der Waals surface area contributed by atoms with Gasteiger partial charge in [-0.25, -0.2) is 8.42 Å². The maximum Gasteiger partial charge on any atom is 0.316 e. The van der Waals surface area contributed by atoms with E-state index >= 15 is 0 Å². The van der Waals surface area contributed by atoms with Crippen LogP contribution in [-0.4, -0.2) is 31.0 Å². The van der Waals surface area contributed by atoms with Gasteiger partial charge < -0.3 is 4.74 Å². The molecule has 1 heterocycles. The van der Waals surface area contributed by atoms with Crippen LogP contribution in [0.3, 0.4) is 0 Å². The molecule has 0 atom stereocenters. The van der Waals surface area contributed by atoms with Gasteiger partial charge in [0.25, 0.3) is 10.0 Å². The van der Waals surface area contributed by atoms with Gasteiger partial charge in [-0.05, 0) is 32.9 Å². The molecule has 0 spiro atoms. The Kier molecular flexibility index (Phi) is 4.90. The molecule has 0 aliphatic carbocycles. The molecule has 0 aromatic heterocycles. The van der Waals surface area contributed by atoms with Crippen molar-refractivity contribution in [3.63, 3.8) is 0 Å². The van der Waals surface area contributed by atoms with Crippen molar-refractivity contribution in [2.75, 3.05) is 6.54 Å². The van der Waals surface area contributed by atoms with Crippen molar-refractivity contribution in [3.05, 3.63) is 48.2 Å². The van der Waals surface area contributed by atoms with Crippen LogP contribution in [0.2, 0.25) is 0 Å². The lowest BCUT2D eigenvalue weighted by atomic mass is 9.97. The van der Waals surface area contributed by atoms with Crippen LogP contribution in [-0.2, 0) is 24.3 Å². The van der Waals surface area contributed by atoms with Gasteiger partial charge in [0, 0.05) is 12.5 Å². The molecule has 1 aliphatic heterocycles. The molecule has 0 amide bonds. The molecule has 1 aromatic rings. The van der Waals surface area contributed by atoms with Gasteiger partial charge in [-0.1, -0.05) is 18.2 Å². The van der Waals surface area contributed by atoms with Crippen molar-refractivity contribution < 1.29 is 22.7 Å². The van der Waals surface area contributed by atoms with Crippen molar-refractivity contribution in [2.24, 2.45) is 5.41 Å². The maximum atomic E-state index is 12.9. The van der Waals surface area contributed by atoms with E-state index in [4.69, 9.17) is 4.74 Å². The predicted octanol–water partition coefficient (Wildman–Crippen LogP) is 2.72. The Morgan fingerprint density at radius 1 is 1.24 bits per heavy atom. The molecule has 0 N–H and O–H groups in total. The van der Waals surface area contributed by atoms with Crippen LogP contribution in [0.25, 0.3) is 5.76 Å². The number of hydrogen-bond acceptors (Lipinski definition) is 5. The van der Waals surface area contributed by atoms with Crippen LogP contribution in [0.15, 0.2) is 47.5 Å². The molecule has 1 aliphatic rings. The quantitative estimate of drug-likeness (QED) is 0.607. The number of fused-ring (bicyclic) bond motifs is 1. The molecule has 0 radical (unpaired) electrons. The summed E-state index contributed by atoms with van der Waals surface area (Å²) in [4.78, 5) is 24.6. The monoisotopic (exact) mass is 363 g/mol. The Bertz CT molecular complexity index is 875. The van der Waals surface area contributed by atoms with E-state index in [0.29, 0.717) is 0 Å². The fourth-order valence-corrected chi connectivity index (χ4v) is 4.03. The lowest BCUT2D eigenvalue weighted by Gasteiger charge is -2.32. The Labute approximate surface area is 147 Å². The van der Waals surface area contributed by atoms with Gasteiger partial charge in [0.05, 0.1) is 16.9 Å². The summed E-state index contributed by atoms with van der Waals surface area (Å²) in [7, 11) is -3.95. The van der Waals surface area contributed by atoms with E-state index in [1.54, 1.807) is 32.9 Å². The number of allylic oxidation sites excluding steroid dienone is 1. The van der Waals surface area contributed by atoms with Crippen LogP contribution in [0, 0.1) is 5.41 Å². The minimum atomic E-state index is -3.95. The van der Waals surface area contributed by atoms with Gasteiger partial charge in [-0.15, -0.1) is 6.58 Å². The van der Waals surface area contributed by atoms with Crippen LogP contribution in [0.1, 0.15) is 33.3 Å². The average Bonchev–Trinajstić information content (AvgIpc) is 2.51. The van der Waals surface area contributed by atoms with E-state index < -0.39 is 27.2 Å². The zero-order valence-electron chi connectivity index (χ0n) is 14.7. The number of rotatable bonds is 4. The number of carbonyl (C=O) groups excluding carboxylic acids is 2. The van der Waals surface area contributed by atoms with Crippen molar-refractivity contribution in [1.82, 2.24) is 4.31 Å². The number of esters is 1. The molecular weight excluding hydrogens is 342 g/mol. The number of benzene rings is 1. The van der Waals surface area contributed by atoms with Crippen molar-refractivity contribution in [2.45, 2.75) is 32.6 Å². The smallest absolute Gasteiger partial charge is 0.316 e. The number of ketones is 1. The highest BCUT2D eigenvalue weighted by molar-refractivity contribution is 7.89. The second-order valence-electron chi connectivity index (χ2n) is 6.69. The number of sulfonamides is 1. The number of hydrogen-bond donors (Lipinski definition) is 0. The molecule has 7 heteroatoms. The van der Waals surface area contributed by atoms with Gasteiger partial charge in [0.15, 0.2) is 11.5 Å². The van der Waals surface area contributed by atoms with E-state index in [1.165, 1.54) is 25.1 Å². The minimum absolute atomic E-state index is 0.0152. The summed E-state index contributed by atoms with van der Waals surface area (Å²) < 4.78 is 32.2. The van der Waals surface area contributed by atoms with E-state index in [2.05, 4.69) is 6.58 Å². The first-order valence-corrected chi connectivity index (χ1v) is 9.16. The third-order valence-electron chi connectivity index (χ3n) is 3.60. The molecule has 0 unspecified atom stereocenters. The predicted molar refractivity (Wildman–Crippen MR) is 93.7 cm³/mol. The van der Waals surface area contributed by atoms with Crippen LogP contribution < -0.4 is 0 Å². The summed E-state index contributed by atoms with van der Waals surface area (Å²) in [6.45, 7) is 9.71. The average molecular weight is 363 g/mol. The Hall–Kier alpha value is -2.41. The van der Waals surface area contributed by atoms with Crippen molar-refractivity contribution >= 4 is 27.5 Å². The van der Waals surface area contributed by atoms with Gasteiger partial charge in [-0.2, -0.15) is 0 Å². The zero-order valence-corrected chi connectivity index (χ0v) is 15.5. The molecule has 2 rings (SSSR count). The van der Waals surface area contributed by atoms with E-state index in [1.807, 2.05) is 0 Å². The molecule has 6 nitrogen and oxygen atoms in total. The summed E-state index contributed by atoms with van der Waals surface area (Å²) >= 11 is 0. The standard InChI is InChI=1S/C18H21NO5S/c1-6-11-19-15(12(2)20)16(24-17(21)18(3,4)5)13-9-7-8-10-14(13)25(19,22)23/h6-10H,1,11H2,2-5H3. The van der Waals surface area contributed by atoms with Gasteiger partial charge in [0.2, 0.25) is 0 Å². The first-order valence-electron chi connectivity index (χ1n) is 7.72. The van der Waals surface area contributed by atoms with Crippen LogP contribution in [0.4, 0.5) is 0 Å². The SMILES string of the molecule is C=CCN1C(C(C)=O)=C(OC(=O)C(C)(C)C)c2ccccc2S1(=O)=O. The van der Waals surface area contributed by atoms with Crippen LogP contribution >= 0.6 is 0 Å². The summed E-state index contributed by atoms with van der Waals surface area (Å²) in [6, 6.07) is 6.14. The maximum absolute atomic E-state index is 12.9. The second kappa shape index (κ2) is 6.48. The van der Waals surface area contributed by atoms with E-state index in [-0.39, 0.29) is 28.5 Å². The van der Waals surface area contributed by atoms with E-state index in [0.717, 1.165) is 4.31 Å². The fraction of sp³-hybridized carbons (Fsp3) is 0.333. The van der Waals surface area contributed by atoms with Crippen molar-refractivity contribution in [3.8, 4) is 0 Å². The zero-order chi connectivity index (χ0) is 19.0. The lowest BCUT2D eigenvalue weighted by molar-refractivity contribution is -0.145. The summed E-state index contributed by atoms with van der Waals surface area (Å²) in [6.07, 6.45) is 1.37. The Morgan fingerprint density at radius 2 is 1.84 bits per heavy atom. The number of nitrogens with zero attached hydrogens (tertiary/aromatic N) is 1. The highest BCUT2D eigenvalue weighted by Crippen LogP contribution is 2.38. The highest BCUT2D eigenvalue weighted by atomic mass is 32.2. The minimum Gasteiger partial charge on any atom is -0.423 e. The van der Waals surface area contributed by atoms with E-state index in [9.17, 15) is 18.0 Å². The third-order valence-corrected chi connectivity index (χ3v) is 5.42. The molecule has 0 saturated heterocycles. The fourth-order valence-electron chi connectivity index (χ4n) is 2.35. The van der Waals surface area contributed by atoms with Crippen LogP contribution in [0.5, 0.6) is 0 Å². The molecule has 0 fully saturated rings. The highest BCUT2D eigenvalue weighted by Gasteiger charge is 2.40. The molecule has 25 heavy (non-hydrogen) atoms. The molecule has 0 saturated carbocycles. The first kappa shape index (κ1) is 18.9. The topological polar surface area (TPSA) is 80.8 Å². The number of ether oxygens (including phenoxy) is 1. The van der Waals surface area contributed by atoms with Gasteiger partial charge in [-0.3, -0.25) is 13.9 Å². The van der Waals surface area contributed by atoms with Crippen molar-refractivity contribution in [1.29, 1.82) is 0 Å². The first-order chi connectivity index (χ1) is 11.5. The molecular formula is C18H21NO5S. The summed E-state index contributed by atoms with van der Waals surface area (Å²) in [5, 5.41) is 0. The largest absolute Gasteiger partial charge is 0.423 e. The Morgan fingerprint density at radius 3 is 2.36 bits per heavy atom. The summed E-state index contributed by atoms with van der Waals surface area (Å²) in [5.74, 6) is -1.12. The number of carbonyl (C=O) groups is 2. The van der Waals surface area contributed by atoms with Gasteiger partial charge >= 0.3 is 5.97 Å². The molecule has 0 bridgehead atoms. The molecule has 134 valence electrons. The normalized spacial score (nSPS) is 16.2. The summed E-state index contributed by atoms with van der Waals surface area (Å²) in [5.41, 5.74) is -0.787. The Balaban J connectivity index is 2.80.